The Morgan fingerprint density at radius 1 is 1.47 bits per heavy atom. The first-order valence-corrected chi connectivity index (χ1v) is 5.69. The highest BCUT2D eigenvalue weighted by molar-refractivity contribution is 7.91. The number of ether oxygens (including phenoxy) is 1. The van der Waals surface area contributed by atoms with Gasteiger partial charge in [0.25, 0.3) is 0 Å². The minimum Gasteiger partial charge on any atom is -0.449 e. The van der Waals surface area contributed by atoms with E-state index in [9.17, 15) is 17.6 Å². The van der Waals surface area contributed by atoms with Crippen LogP contribution in [0.25, 0.3) is 0 Å². The molecule has 0 aliphatic heterocycles. The Morgan fingerprint density at radius 2 is 2.13 bits per heavy atom. The van der Waals surface area contributed by atoms with Crippen molar-refractivity contribution in [1.82, 2.24) is 0 Å². The van der Waals surface area contributed by atoms with Crippen molar-refractivity contribution in [1.29, 1.82) is 0 Å². The van der Waals surface area contributed by atoms with Gasteiger partial charge in [0.05, 0.1) is 4.90 Å². The number of benzene rings is 1. The molecule has 0 fully saturated rings. The summed E-state index contributed by atoms with van der Waals surface area (Å²) >= 11 is 0. The second kappa shape index (κ2) is 4.39. The van der Waals surface area contributed by atoms with Crippen LogP contribution in [0.15, 0.2) is 29.2 Å². The highest BCUT2D eigenvalue weighted by Crippen LogP contribution is 2.12. The summed E-state index contributed by atoms with van der Waals surface area (Å²) in [5.41, 5.74) is 0. The first-order valence-electron chi connectivity index (χ1n) is 4.03. The van der Waals surface area contributed by atoms with Crippen LogP contribution in [0.3, 0.4) is 0 Å². The topological polar surface area (TPSA) is 60.4 Å². The van der Waals surface area contributed by atoms with Crippen LogP contribution in [0.5, 0.6) is 0 Å². The summed E-state index contributed by atoms with van der Waals surface area (Å²) in [6.45, 7) is 1.10. The molecule has 0 aliphatic carbocycles. The molecule has 0 heterocycles. The van der Waals surface area contributed by atoms with Gasteiger partial charge in [0, 0.05) is 6.92 Å². The van der Waals surface area contributed by atoms with Gasteiger partial charge in [0.1, 0.15) is 5.82 Å². The van der Waals surface area contributed by atoms with Gasteiger partial charge >= 0.3 is 5.97 Å². The summed E-state index contributed by atoms with van der Waals surface area (Å²) in [4.78, 5) is 10.2. The molecule has 0 bridgehead atoms. The predicted octanol–water partition coefficient (Wildman–Crippen LogP) is 1.12. The maximum atomic E-state index is 12.7. The zero-order chi connectivity index (χ0) is 11.5. The number of carbonyl (C=O) groups excluding carboxylic acids is 1. The van der Waals surface area contributed by atoms with Gasteiger partial charge in [-0.15, -0.1) is 0 Å². The lowest BCUT2D eigenvalue weighted by Gasteiger charge is -2.04. The number of carbonyl (C=O) groups is 1. The summed E-state index contributed by atoms with van der Waals surface area (Å²) in [6, 6.07) is 4.52. The minimum absolute atomic E-state index is 0.205. The van der Waals surface area contributed by atoms with Crippen LogP contribution in [0.1, 0.15) is 6.92 Å². The Balaban J connectivity index is 2.91. The van der Waals surface area contributed by atoms with E-state index in [4.69, 9.17) is 0 Å². The van der Waals surface area contributed by atoms with Crippen molar-refractivity contribution in [3.05, 3.63) is 30.1 Å². The lowest BCUT2D eigenvalue weighted by Crippen LogP contribution is -2.12. The zero-order valence-corrected chi connectivity index (χ0v) is 8.75. The third kappa shape index (κ3) is 3.32. The van der Waals surface area contributed by atoms with E-state index in [-0.39, 0.29) is 4.90 Å². The number of rotatable bonds is 3. The molecular weight excluding hydrogens is 223 g/mol. The van der Waals surface area contributed by atoms with Crippen LogP contribution >= 0.6 is 0 Å². The van der Waals surface area contributed by atoms with Crippen molar-refractivity contribution in [2.75, 3.05) is 5.94 Å². The molecule has 0 saturated heterocycles. The van der Waals surface area contributed by atoms with E-state index in [1.165, 1.54) is 12.1 Å². The predicted molar refractivity (Wildman–Crippen MR) is 50.2 cm³/mol. The van der Waals surface area contributed by atoms with Crippen molar-refractivity contribution in [3.63, 3.8) is 0 Å². The summed E-state index contributed by atoms with van der Waals surface area (Å²) in [5, 5.41) is 0. The van der Waals surface area contributed by atoms with E-state index in [0.717, 1.165) is 19.1 Å². The maximum absolute atomic E-state index is 12.7. The highest BCUT2D eigenvalue weighted by Gasteiger charge is 2.16. The molecule has 1 aromatic rings. The fourth-order valence-corrected chi connectivity index (χ4v) is 1.92. The highest BCUT2D eigenvalue weighted by atomic mass is 32.2. The Morgan fingerprint density at radius 3 is 2.67 bits per heavy atom. The van der Waals surface area contributed by atoms with E-state index >= 15 is 0 Å². The van der Waals surface area contributed by atoms with Gasteiger partial charge in [-0.05, 0) is 18.2 Å². The van der Waals surface area contributed by atoms with E-state index in [0.29, 0.717) is 0 Å². The van der Waals surface area contributed by atoms with Crippen molar-refractivity contribution in [3.8, 4) is 0 Å². The fourth-order valence-electron chi connectivity index (χ4n) is 0.889. The van der Waals surface area contributed by atoms with E-state index in [1.54, 1.807) is 0 Å². The summed E-state index contributed by atoms with van der Waals surface area (Å²) in [5.74, 6) is -2.12. The summed E-state index contributed by atoms with van der Waals surface area (Å²) in [6.07, 6.45) is 0. The van der Waals surface area contributed by atoms with Crippen LogP contribution in [0.2, 0.25) is 0 Å². The van der Waals surface area contributed by atoms with Gasteiger partial charge in [0.2, 0.25) is 9.84 Å². The molecule has 6 heteroatoms. The first-order chi connectivity index (χ1) is 6.92. The van der Waals surface area contributed by atoms with Gasteiger partial charge in [-0.25, -0.2) is 12.8 Å². The number of hydrogen-bond acceptors (Lipinski definition) is 4. The van der Waals surface area contributed by atoms with Crippen molar-refractivity contribution in [2.45, 2.75) is 11.8 Å². The van der Waals surface area contributed by atoms with Gasteiger partial charge < -0.3 is 4.74 Å². The molecule has 0 unspecified atom stereocenters. The number of esters is 1. The molecule has 0 N–H and O–H groups in total. The second-order valence-corrected chi connectivity index (χ2v) is 4.76. The Bertz CT molecular complexity index is 467. The Kier molecular flexibility index (Phi) is 3.41. The fraction of sp³-hybridized carbons (Fsp3) is 0.222. The molecule has 15 heavy (non-hydrogen) atoms. The largest absolute Gasteiger partial charge is 0.449 e. The zero-order valence-electron chi connectivity index (χ0n) is 7.94. The molecule has 0 atom stereocenters. The average molecular weight is 232 g/mol. The molecular formula is C9H9FO4S. The molecule has 82 valence electrons. The van der Waals surface area contributed by atoms with Gasteiger partial charge in [-0.1, -0.05) is 6.07 Å². The molecule has 0 amide bonds. The monoisotopic (exact) mass is 232 g/mol. The smallest absolute Gasteiger partial charge is 0.303 e. The molecule has 0 saturated carbocycles. The molecule has 1 aromatic carbocycles. The number of halogens is 1. The van der Waals surface area contributed by atoms with E-state index < -0.39 is 27.6 Å². The molecule has 1 rings (SSSR count). The average Bonchev–Trinajstić information content (AvgIpc) is 2.15. The van der Waals surface area contributed by atoms with Crippen LogP contribution in [-0.4, -0.2) is 20.3 Å². The van der Waals surface area contributed by atoms with Gasteiger partial charge in [-0.3, -0.25) is 4.79 Å². The Labute approximate surface area is 86.6 Å². The van der Waals surface area contributed by atoms with Crippen molar-refractivity contribution < 1.29 is 22.3 Å². The molecule has 4 nitrogen and oxygen atoms in total. The SMILES string of the molecule is CC(=O)OCS(=O)(=O)c1cccc(F)c1. The van der Waals surface area contributed by atoms with Gasteiger partial charge in [0.15, 0.2) is 5.94 Å². The standard InChI is InChI=1S/C9H9FO4S/c1-7(11)14-6-15(12,13)9-4-2-3-8(10)5-9/h2-5H,6H2,1H3. The second-order valence-electron chi connectivity index (χ2n) is 2.83. The van der Waals surface area contributed by atoms with E-state index in [1.807, 2.05) is 0 Å². The van der Waals surface area contributed by atoms with Crippen LogP contribution in [0.4, 0.5) is 4.39 Å². The molecule has 0 radical (unpaired) electrons. The van der Waals surface area contributed by atoms with Crippen LogP contribution < -0.4 is 0 Å². The first kappa shape index (κ1) is 11.6. The lowest BCUT2D eigenvalue weighted by molar-refractivity contribution is -0.138. The molecule has 0 aliphatic rings. The minimum atomic E-state index is -3.76. The maximum Gasteiger partial charge on any atom is 0.303 e. The molecule has 0 aromatic heterocycles. The Hall–Kier alpha value is -1.43. The van der Waals surface area contributed by atoms with Crippen molar-refractivity contribution in [2.24, 2.45) is 0 Å². The third-order valence-electron chi connectivity index (χ3n) is 1.57. The quantitative estimate of drug-likeness (QED) is 0.733. The van der Waals surface area contributed by atoms with Crippen LogP contribution in [-0.2, 0) is 19.4 Å². The van der Waals surface area contributed by atoms with E-state index in [2.05, 4.69) is 4.74 Å². The summed E-state index contributed by atoms with van der Waals surface area (Å²) < 4.78 is 40.0. The lowest BCUT2D eigenvalue weighted by atomic mass is 10.4. The van der Waals surface area contributed by atoms with Crippen molar-refractivity contribution >= 4 is 15.8 Å². The number of hydrogen-bond donors (Lipinski definition) is 0. The third-order valence-corrected chi connectivity index (χ3v) is 2.97. The summed E-state index contributed by atoms with van der Waals surface area (Å²) in [7, 11) is -3.76. The van der Waals surface area contributed by atoms with Crippen LogP contribution in [0, 0.1) is 5.82 Å². The molecule has 0 spiro atoms. The van der Waals surface area contributed by atoms with Gasteiger partial charge in [-0.2, -0.15) is 0 Å². The normalized spacial score (nSPS) is 11.1. The number of sulfone groups is 1.